The largest absolute Gasteiger partial charge is 0.310 e. The molecule has 0 unspecified atom stereocenters. The molecular weight excluding hydrogens is 759 g/mol. The maximum absolute atomic E-state index is 2.57. The van der Waals surface area contributed by atoms with Gasteiger partial charge in [-0.15, -0.1) is 0 Å². The Morgan fingerprint density at radius 3 is 1.51 bits per heavy atom. The number of aromatic nitrogens is 1. The minimum Gasteiger partial charge on any atom is -0.310 e. The van der Waals surface area contributed by atoms with E-state index >= 15 is 0 Å². The van der Waals surface area contributed by atoms with Crippen molar-refractivity contribution in [3.8, 4) is 16.8 Å². The summed E-state index contributed by atoms with van der Waals surface area (Å²) >= 11 is 0. The van der Waals surface area contributed by atoms with Crippen LogP contribution in [0.4, 0.5) is 17.1 Å². The van der Waals surface area contributed by atoms with E-state index in [1.54, 1.807) is 16.4 Å². The van der Waals surface area contributed by atoms with Crippen LogP contribution in [0.25, 0.3) is 38.6 Å². The molecule has 0 fully saturated rings. The zero-order chi connectivity index (χ0) is 42.9. The van der Waals surface area contributed by atoms with Gasteiger partial charge in [-0.2, -0.15) is 0 Å². The smallest absolute Gasteiger partial charge is 0.243 e. The zero-order valence-electron chi connectivity index (χ0n) is 37.6. The second kappa shape index (κ2) is 12.1. The minimum atomic E-state index is -0.219. The molecule has 9 aromatic rings. The Morgan fingerprint density at radius 2 is 0.841 bits per heavy atom. The predicted octanol–water partition coefficient (Wildman–Crippen LogP) is 13.0. The standard InChI is InChI=1S/C60H51BN2/c1-57(2)42-24-13-15-30-51(42)63(53-35-52-41(34-47(53)57)40-23-12-14-29-50(40)62(52)38-20-10-9-11-21-38)39-22-16-19-36(31-39)37-32-48-56-49(33-37)60(7,8)46-28-18-26-44-55(46)61(56)54-43(58(44,3)4)25-17-27-45(54)59(48,5)6/h9-35H,1-8H3. The van der Waals surface area contributed by atoms with Crippen LogP contribution in [0.2, 0.25) is 0 Å². The first-order valence-electron chi connectivity index (χ1n) is 22.9. The molecule has 0 N–H and O–H groups in total. The van der Waals surface area contributed by atoms with Crippen molar-refractivity contribution >= 4 is 62.0 Å². The molecule has 8 aromatic carbocycles. The number of hydrogen-bond acceptors (Lipinski definition) is 1. The van der Waals surface area contributed by atoms with Crippen LogP contribution in [0, 0.1) is 0 Å². The maximum atomic E-state index is 2.57. The van der Waals surface area contributed by atoms with Crippen molar-refractivity contribution < 1.29 is 0 Å². The van der Waals surface area contributed by atoms with Crippen molar-refractivity contribution in [3.63, 3.8) is 0 Å². The second-order valence-electron chi connectivity index (χ2n) is 20.9. The molecule has 1 aromatic heterocycles. The van der Waals surface area contributed by atoms with Crippen LogP contribution in [0.5, 0.6) is 0 Å². The van der Waals surface area contributed by atoms with E-state index in [0.717, 1.165) is 0 Å². The Labute approximate surface area is 371 Å². The average Bonchev–Trinajstić information content (AvgIpc) is 3.61. The van der Waals surface area contributed by atoms with E-state index in [2.05, 4.69) is 229 Å². The van der Waals surface area contributed by atoms with Gasteiger partial charge in [-0.3, -0.25) is 0 Å². The number of fused-ring (bicyclic) bond motifs is 5. The van der Waals surface area contributed by atoms with Crippen molar-refractivity contribution in [2.75, 3.05) is 4.90 Å². The van der Waals surface area contributed by atoms with Gasteiger partial charge in [-0.25, -0.2) is 0 Å². The first-order chi connectivity index (χ1) is 30.3. The fraction of sp³-hybridized carbons (Fsp3) is 0.200. The van der Waals surface area contributed by atoms with Crippen molar-refractivity contribution in [2.24, 2.45) is 0 Å². The zero-order valence-corrected chi connectivity index (χ0v) is 37.6. The summed E-state index contributed by atoms with van der Waals surface area (Å²) in [6.45, 7) is 19.8. The number of hydrogen-bond donors (Lipinski definition) is 0. The Kier molecular flexibility index (Phi) is 7.12. The van der Waals surface area contributed by atoms with Crippen molar-refractivity contribution in [2.45, 2.75) is 77.0 Å². The predicted molar refractivity (Wildman–Crippen MR) is 267 cm³/mol. The molecule has 0 saturated heterocycles. The van der Waals surface area contributed by atoms with Crippen LogP contribution < -0.4 is 21.3 Å². The Morgan fingerprint density at radius 1 is 0.333 bits per heavy atom. The topological polar surface area (TPSA) is 8.17 Å². The summed E-state index contributed by atoms with van der Waals surface area (Å²) in [4.78, 5) is 2.54. The van der Waals surface area contributed by atoms with Gasteiger partial charge in [-0.1, -0.05) is 187 Å². The lowest BCUT2D eigenvalue weighted by molar-refractivity contribution is 0.599. The van der Waals surface area contributed by atoms with E-state index in [0.29, 0.717) is 0 Å². The van der Waals surface area contributed by atoms with Gasteiger partial charge in [0.2, 0.25) is 6.71 Å². The summed E-state index contributed by atoms with van der Waals surface area (Å²) in [6, 6.07) is 62.6. The highest BCUT2D eigenvalue weighted by Gasteiger charge is 2.54. The lowest BCUT2D eigenvalue weighted by atomic mass is 9.23. The fourth-order valence-electron chi connectivity index (χ4n) is 13.1. The van der Waals surface area contributed by atoms with E-state index in [4.69, 9.17) is 0 Å². The van der Waals surface area contributed by atoms with Crippen LogP contribution >= 0.6 is 0 Å². The van der Waals surface area contributed by atoms with Gasteiger partial charge in [-0.05, 0) is 104 Å². The molecule has 2 nitrogen and oxygen atoms in total. The molecule has 63 heavy (non-hydrogen) atoms. The third kappa shape index (κ3) is 4.60. The van der Waals surface area contributed by atoms with E-state index in [-0.39, 0.29) is 28.4 Å². The van der Waals surface area contributed by atoms with E-state index in [1.807, 2.05) is 0 Å². The Balaban J connectivity index is 1.05. The highest BCUT2D eigenvalue weighted by Crippen LogP contribution is 2.54. The number of nitrogens with zero attached hydrogens (tertiary/aromatic N) is 2. The molecule has 304 valence electrons. The van der Waals surface area contributed by atoms with E-state index < -0.39 is 0 Å². The third-order valence-electron chi connectivity index (χ3n) is 16.3. The molecule has 0 amide bonds. The van der Waals surface area contributed by atoms with Crippen LogP contribution in [0.3, 0.4) is 0 Å². The van der Waals surface area contributed by atoms with Gasteiger partial charge in [0.15, 0.2) is 0 Å². The highest BCUT2D eigenvalue weighted by atomic mass is 15.2. The summed E-state index contributed by atoms with van der Waals surface area (Å²) < 4.78 is 2.45. The molecule has 0 saturated carbocycles. The van der Waals surface area contributed by atoms with Crippen LogP contribution in [0.1, 0.15) is 99.9 Å². The molecule has 0 radical (unpaired) electrons. The number of benzene rings is 8. The monoisotopic (exact) mass is 810 g/mol. The second-order valence-corrected chi connectivity index (χ2v) is 20.9. The van der Waals surface area contributed by atoms with Gasteiger partial charge >= 0.3 is 0 Å². The maximum Gasteiger partial charge on any atom is 0.243 e. The molecule has 0 spiro atoms. The van der Waals surface area contributed by atoms with E-state index in [9.17, 15) is 0 Å². The van der Waals surface area contributed by atoms with Gasteiger partial charge in [0.05, 0.1) is 22.4 Å². The molecule has 0 bridgehead atoms. The van der Waals surface area contributed by atoms with Crippen molar-refractivity contribution in [1.82, 2.24) is 4.57 Å². The lowest BCUT2D eigenvalue weighted by Crippen LogP contribution is -2.71. The fourth-order valence-corrected chi connectivity index (χ4v) is 13.1. The minimum absolute atomic E-state index is 0.0699. The Hall–Kier alpha value is -6.58. The summed E-state index contributed by atoms with van der Waals surface area (Å²) in [6.07, 6.45) is 0. The van der Waals surface area contributed by atoms with Crippen LogP contribution in [0.15, 0.2) is 164 Å². The quantitative estimate of drug-likeness (QED) is 0.161. The lowest BCUT2D eigenvalue weighted by Gasteiger charge is -2.52. The van der Waals surface area contributed by atoms with Gasteiger partial charge in [0, 0.05) is 43.8 Å². The molecule has 0 aliphatic carbocycles. The molecule has 13 rings (SSSR count). The number of rotatable bonds is 3. The van der Waals surface area contributed by atoms with E-state index in [1.165, 1.54) is 100 Å². The Bertz CT molecular complexity index is 3380. The summed E-state index contributed by atoms with van der Waals surface area (Å²) in [5.74, 6) is 0. The first kappa shape index (κ1) is 37.0. The van der Waals surface area contributed by atoms with Gasteiger partial charge in [0.1, 0.15) is 0 Å². The van der Waals surface area contributed by atoms with Crippen molar-refractivity contribution in [3.05, 3.63) is 208 Å². The van der Waals surface area contributed by atoms with Crippen LogP contribution in [-0.4, -0.2) is 11.3 Å². The third-order valence-corrected chi connectivity index (χ3v) is 16.3. The SMILES string of the molecule is CC1(C)c2ccccc2N(c2cccc(-c3cc4c5c(c3)C(C)(C)c3cccc6c3B5c3c(cccc3C4(C)C)C6(C)C)c2)c2cc3c(cc21)c1ccccc1n3-c1ccccc1. The summed E-state index contributed by atoms with van der Waals surface area (Å²) in [5, 5.41) is 2.56. The number of para-hydroxylation sites is 3. The normalized spacial score (nSPS) is 17.3. The van der Waals surface area contributed by atoms with Crippen molar-refractivity contribution in [1.29, 1.82) is 0 Å². The molecule has 3 heteroatoms. The summed E-state index contributed by atoms with van der Waals surface area (Å²) in [5.41, 5.74) is 25.3. The molecule has 4 aliphatic rings. The van der Waals surface area contributed by atoms with Gasteiger partial charge < -0.3 is 9.47 Å². The summed E-state index contributed by atoms with van der Waals surface area (Å²) in [7, 11) is 0. The van der Waals surface area contributed by atoms with Gasteiger partial charge in [0.25, 0.3) is 0 Å². The first-order valence-corrected chi connectivity index (χ1v) is 22.9. The van der Waals surface area contributed by atoms with Crippen LogP contribution in [-0.2, 0) is 21.7 Å². The number of anilines is 3. The highest BCUT2D eigenvalue weighted by molar-refractivity contribution is 6.98. The molecule has 4 aliphatic heterocycles. The average molecular weight is 811 g/mol. The molecule has 0 atom stereocenters. The molecule has 5 heterocycles. The molecular formula is C60H51BN2.